The molecule has 0 aliphatic heterocycles. The lowest BCUT2D eigenvalue weighted by atomic mass is 10.0. The molecule has 0 aromatic heterocycles. The van der Waals surface area contributed by atoms with Crippen LogP contribution in [-0.4, -0.2) is 84.4 Å². The summed E-state index contributed by atoms with van der Waals surface area (Å²) in [6, 6.07) is 20.1. The maximum Gasteiger partial charge on any atom is 0.243 e. The van der Waals surface area contributed by atoms with Gasteiger partial charge in [-0.25, -0.2) is 0 Å². The van der Waals surface area contributed by atoms with Gasteiger partial charge < -0.3 is 15.1 Å². The number of carbonyl (C=O) groups excluding carboxylic acids is 2. The molecule has 0 aliphatic carbocycles. The molecule has 0 saturated heterocycles. The minimum atomic E-state index is -0.0585. The van der Waals surface area contributed by atoms with Crippen LogP contribution in [0, 0.1) is 0 Å². The number of fused-ring (bicyclic) bond motifs is 1. The molecule has 0 heterocycles. The third-order valence-corrected chi connectivity index (χ3v) is 11.0. The summed E-state index contributed by atoms with van der Waals surface area (Å²) in [5.41, 5.74) is 3.68. The van der Waals surface area contributed by atoms with Crippen molar-refractivity contribution >= 4 is 86.6 Å². The first-order valence-electron chi connectivity index (χ1n) is 14.6. The number of rotatable bonds is 20. The predicted octanol–water partition coefficient (Wildman–Crippen LogP) is 7.90. The fourth-order valence-corrected chi connectivity index (χ4v) is 7.97. The average molecular weight is 644 g/mol. The number of thioether (sulfide) groups is 4. The molecule has 3 aromatic rings. The summed E-state index contributed by atoms with van der Waals surface area (Å²) in [6.45, 7) is 8.32. The number of nitrogens with zero attached hydrogens (tertiary/aromatic N) is 2. The number of benzene rings is 3. The standard InChI is InChI=1S/C33H45N3O2S4/c1-5-39-19-21-41-17-15-36(16-18-42-22-20-40-6-2)31-13-10-30(11-14-31)34-33(38)25-35(4)32-12-9-28-23-27(26(3)37)7-8-29(28)24-32/h7-14,23-24H,5-6,15-22,25H2,1-4H3,(H,34,38). The van der Waals surface area contributed by atoms with Gasteiger partial charge in [0.1, 0.15) is 0 Å². The van der Waals surface area contributed by atoms with E-state index < -0.39 is 0 Å². The normalized spacial score (nSPS) is 11.0. The van der Waals surface area contributed by atoms with E-state index in [1.807, 2.05) is 101 Å². The molecule has 42 heavy (non-hydrogen) atoms. The van der Waals surface area contributed by atoms with E-state index in [0.29, 0.717) is 5.56 Å². The van der Waals surface area contributed by atoms with Crippen LogP contribution in [-0.2, 0) is 4.79 Å². The van der Waals surface area contributed by atoms with Crippen molar-refractivity contribution in [2.24, 2.45) is 0 Å². The summed E-state index contributed by atoms with van der Waals surface area (Å²) >= 11 is 8.09. The number of hydrogen-bond acceptors (Lipinski definition) is 8. The molecule has 0 atom stereocenters. The van der Waals surface area contributed by atoms with Crippen molar-refractivity contribution in [1.29, 1.82) is 0 Å². The van der Waals surface area contributed by atoms with Crippen LogP contribution in [0.25, 0.3) is 10.8 Å². The predicted molar refractivity (Wildman–Crippen MR) is 195 cm³/mol. The Labute approximate surface area is 269 Å². The van der Waals surface area contributed by atoms with Crippen molar-refractivity contribution in [3.05, 3.63) is 66.2 Å². The van der Waals surface area contributed by atoms with Crippen LogP contribution in [0.1, 0.15) is 31.1 Å². The highest BCUT2D eigenvalue weighted by Gasteiger charge is 2.11. The highest BCUT2D eigenvalue weighted by molar-refractivity contribution is 8.03. The fraction of sp³-hybridized carbons (Fsp3) is 0.455. The van der Waals surface area contributed by atoms with E-state index >= 15 is 0 Å². The van der Waals surface area contributed by atoms with E-state index in [1.165, 1.54) is 40.2 Å². The van der Waals surface area contributed by atoms with Crippen LogP contribution in [0.2, 0.25) is 0 Å². The Morgan fingerprint density at radius 2 is 1.24 bits per heavy atom. The first kappa shape index (κ1) is 34.5. The topological polar surface area (TPSA) is 52.7 Å². The zero-order chi connectivity index (χ0) is 30.2. The number of hydrogen-bond donors (Lipinski definition) is 1. The smallest absolute Gasteiger partial charge is 0.243 e. The van der Waals surface area contributed by atoms with E-state index in [9.17, 15) is 9.59 Å². The van der Waals surface area contributed by atoms with Gasteiger partial charge in [-0.05, 0) is 71.7 Å². The van der Waals surface area contributed by atoms with Crippen LogP contribution in [0.3, 0.4) is 0 Å². The maximum absolute atomic E-state index is 12.9. The summed E-state index contributed by atoms with van der Waals surface area (Å²) in [6.07, 6.45) is 0. The SMILES string of the molecule is CCSCCSCCN(CCSCCSCC)c1ccc(NC(=O)CN(C)c2ccc3cc(C(C)=O)ccc3c2)cc1. The van der Waals surface area contributed by atoms with Gasteiger partial charge in [0.25, 0.3) is 0 Å². The molecule has 0 fully saturated rings. The second kappa shape index (κ2) is 19.4. The monoisotopic (exact) mass is 643 g/mol. The van der Waals surface area contributed by atoms with Crippen molar-refractivity contribution in [2.45, 2.75) is 20.8 Å². The molecule has 3 rings (SSSR count). The minimum Gasteiger partial charge on any atom is -0.370 e. The fourth-order valence-electron chi connectivity index (χ4n) is 4.40. The number of carbonyl (C=O) groups is 2. The molecule has 0 radical (unpaired) electrons. The van der Waals surface area contributed by atoms with Gasteiger partial charge in [0, 0.05) is 77.3 Å². The molecule has 1 N–H and O–H groups in total. The Balaban J connectivity index is 1.54. The molecular formula is C33H45N3O2S4. The van der Waals surface area contributed by atoms with Gasteiger partial charge in [-0.3, -0.25) is 9.59 Å². The molecule has 1 amide bonds. The van der Waals surface area contributed by atoms with Crippen molar-refractivity contribution in [2.75, 3.05) is 87.8 Å². The summed E-state index contributed by atoms with van der Waals surface area (Å²) < 4.78 is 0. The Bertz CT molecular complexity index is 1240. The van der Waals surface area contributed by atoms with Gasteiger partial charge in [-0.15, -0.1) is 0 Å². The number of ketones is 1. The van der Waals surface area contributed by atoms with Crippen LogP contribution >= 0.6 is 47.0 Å². The molecule has 5 nitrogen and oxygen atoms in total. The highest BCUT2D eigenvalue weighted by Crippen LogP contribution is 2.24. The first-order valence-corrected chi connectivity index (χ1v) is 19.2. The minimum absolute atomic E-state index is 0.0580. The quantitative estimate of drug-likeness (QED) is 0.0986. The van der Waals surface area contributed by atoms with Gasteiger partial charge in [-0.1, -0.05) is 32.0 Å². The van der Waals surface area contributed by atoms with Crippen LogP contribution in [0.5, 0.6) is 0 Å². The Kier molecular flexibility index (Phi) is 15.9. The van der Waals surface area contributed by atoms with Crippen LogP contribution < -0.4 is 15.1 Å². The first-order chi connectivity index (χ1) is 20.4. The molecule has 0 aliphatic rings. The second-order valence-corrected chi connectivity index (χ2v) is 15.1. The summed E-state index contributed by atoms with van der Waals surface area (Å²) in [5.74, 6) is 9.47. The molecule has 228 valence electrons. The molecule has 0 spiro atoms. The van der Waals surface area contributed by atoms with Crippen LogP contribution in [0.15, 0.2) is 60.7 Å². The maximum atomic E-state index is 12.9. The molecular weight excluding hydrogens is 599 g/mol. The van der Waals surface area contributed by atoms with E-state index in [-0.39, 0.29) is 18.2 Å². The lowest BCUT2D eigenvalue weighted by Crippen LogP contribution is -2.30. The molecule has 9 heteroatoms. The Morgan fingerprint density at radius 1 is 0.690 bits per heavy atom. The van der Waals surface area contributed by atoms with Gasteiger partial charge in [0.2, 0.25) is 5.91 Å². The van der Waals surface area contributed by atoms with Gasteiger partial charge in [0.05, 0.1) is 6.54 Å². The number of amides is 1. The van der Waals surface area contributed by atoms with Gasteiger partial charge >= 0.3 is 0 Å². The highest BCUT2D eigenvalue weighted by atomic mass is 32.2. The lowest BCUT2D eigenvalue weighted by molar-refractivity contribution is -0.114. The van der Waals surface area contributed by atoms with Crippen molar-refractivity contribution in [3.63, 3.8) is 0 Å². The van der Waals surface area contributed by atoms with E-state index in [4.69, 9.17) is 0 Å². The molecule has 0 bridgehead atoms. The second-order valence-electron chi connectivity index (χ2n) is 9.86. The molecule has 0 unspecified atom stereocenters. The number of likely N-dealkylation sites (N-methyl/N-ethyl adjacent to an activating group) is 1. The Morgan fingerprint density at radius 3 is 1.83 bits per heavy atom. The third-order valence-electron chi connectivity index (χ3n) is 6.73. The van der Waals surface area contributed by atoms with E-state index in [2.05, 4.69) is 42.3 Å². The summed E-state index contributed by atoms with van der Waals surface area (Å²) in [7, 11) is 1.92. The number of Topliss-reactive ketones (excluding diaryl/α,β-unsaturated/α-hetero) is 1. The van der Waals surface area contributed by atoms with Gasteiger partial charge in [0.15, 0.2) is 5.78 Å². The van der Waals surface area contributed by atoms with E-state index in [1.54, 1.807) is 6.92 Å². The van der Waals surface area contributed by atoms with Crippen molar-refractivity contribution in [3.8, 4) is 0 Å². The molecule has 0 saturated carbocycles. The largest absolute Gasteiger partial charge is 0.370 e. The summed E-state index contributed by atoms with van der Waals surface area (Å²) in [5, 5.41) is 5.12. The van der Waals surface area contributed by atoms with E-state index in [0.717, 1.165) is 46.7 Å². The summed E-state index contributed by atoms with van der Waals surface area (Å²) in [4.78, 5) is 29.0. The zero-order valence-corrected chi connectivity index (χ0v) is 28.7. The van der Waals surface area contributed by atoms with Gasteiger partial charge in [-0.2, -0.15) is 47.0 Å². The van der Waals surface area contributed by atoms with Crippen molar-refractivity contribution in [1.82, 2.24) is 0 Å². The average Bonchev–Trinajstić information content (AvgIpc) is 2.99. The van der Waals surface area contributed by atoms with Crippen LogP contribution in [0.4, 0.5) is 17.1 Å². The molecule has 3 aromatic carbocycles. The number of nitrogens with one attached hydrogen (secondary N) is 1. The van der Waals surface area contributed by atoms with Crippen molar-refractivity contribution < 1.29 is 9.59 Å². The lowest BCUT2D eigenvalue weighted by Gasteiger charge is -2.25. The number of anilines is 3. The zero-order valence-electron chi connectivity index (χ0n) is 25.4. The third kappa shape index (κ3) is 12.0. The Hall–Kier alpha value is -1.94.